The molecule has 0 spiro atoms. The Hall–Kier alpha value is -1.34. The van der Waals surface area contributed by atoms with Gasteiger partial charge in [-0.05, 0) is 18.4 Å². The van der Waals surface area contributed by atoms with Crippen LogP contribution >= 0.6 is 0 Å². The summed E-state index contributed by atoms with van der Waals surface area (Å²) < 4.78 is 1.59. The molecular weight excluding hydrogens is 154 g/mol. The van der Waals surface area contributed by atoms with Gasteiger partial charge in [0.25, 0.3) is 0 Å². The molecule has 0 amide bonds. The number of aliphatic hydroxyl groups excluding tert-OH is 1. The fourth-order valence-corrected chi connectivity index (χ4v) is 0.978. The van der Waals surface area contributed by atoms with Crippen LogP contribution in [0.2, 0.25) is 0 Å². The molecule has 64 valence electrons. The highest BCUT2D eigenvalue weighted by atomic mass is 16.2. The number of rotatable bonds is 4. The Morgan fingerprint density at radius 1 is 1.67 bits per heavy atom. The SMILES string of the molecule is N#CCn1cc(CCCO)cn1. The number of nitriles is 1. The van der Waals surface area contributed by atoms with E-state index in [1.165, 1.54) is 0 Å². The molecule has 0 aromatic carbocycles. The lowest BCUT2D eigenvalue weighted by Crippen LogP contribution is -1.94. The van der Waals surface area contributed by atoms with Gasteiger partial charge in [0.05, 0.1) is 12.3 Å². The number of aromatic nitrogens is 2. The number of hydrogen-bond acceptors (Lipinski definition) is 3. The largest absolute Gasteiger partial charge is 0.396 e. The summed E-state index contributed by atoms with van der Waals surface area (Å²) in [6.07, 6.45) is 5.13. The molecule has 1 aromatic heterocycles. The zero-order chi connectivity index (χ0) is 8.81. The third kappa shape index (κ3) is 2.36. The molecule has 0 unspecified atom stereocenters. The number of hydrogen-bond donors (Lipinski definition) is 1. The second-order valence-corrected chi connectivity index (χ2v) is 2.53. The van der Waals surface area contributed by atoms with E-state index in [0.717, 1.165) is 18.4 Å². The standard InChI is InChI=1S/C8H11N3O/c9-3-4-11-7-8(6-10-11)2-1-5-12/h6-7,12H,1-2,4-5H2. The molecule has 1 aromatic rings. The van der Waals surface area contributed by atoms with Crippen molar-refractivity contribution in [2.75, 3.05) is 6.61 Å². The van der Waals surface area contributed by atoms with Crippen molar-refractivity contribution in [1.29, 1.82) is 5.26 Å². The molecule has 0 fully saturated rings. The molecule has 1 heterocycles. The minimum Gasteiger partial charge on any atom is -0.396 e. The van der Waals surface area contributed by atoms with Gasteiger partial charge in [-0.1, -0.05) is 0 Å². The van der Waals surface area contributed by atoms with Gasteiger partial charge >= 0.3 is 0 Å². The van der Waals surface area contributed by atoms with Crippen LogP contribution in [-0.4, -0.2) is 21.5 Å². The fourth-order valence-electron chi connectivity index (χ4n) is 0.978. The van der Waals surface area contributed by atoms with Crippen molar-refractivity contribution in [3.05, 3.63) is 18.0 Å². The molecule has 4 heteroatoms. The maximum Gasteiger partial charge on any atom is 0.128 e. The van der Waals surface area contributed by atoms with Crippen LogP contribution in [0.25, 0.3) is 0 Å². The molecule has 0 aliphatic carbocycles. The minimum atomic E-state index is 0.198. The normalized spacial score (nSPS) is 9.67. The Kier molecular flexibility index (Phi) is 3.30. The van der Waals surface area contributed by atoms with Gasteiger partial charge in [0.2, 0.25) is 0 Å². The summed E-state index contributed by atoms with van der Waals surface area (Å²) in [5.74, 6) is 0. The van der Waals surface area contributed by atoms with E-state index in [2.05, 4.69) is 5.10 Å². The summed E-state index contributed by atoms with van der Waals surface area (Å²) in [5, 5.41) is 20.9. The van der Waals surface area contributed by atoms with Crippen LogP contribution in [0.5, 0.6) is 0 Å². The Morgan fingerprint density at radius 3 is 3.17 bits per heavy atom. The van der Waals surface area contributed by atoms with E-state index in [1.807, 2.05) is 12.3 Å². The maximum absolute atomic E-state index is 8.56. The smallest absolute Gasteiger partial charge is 0.128 e. The van der Waals surface area contributed by atoms with Gasteiger partial charge in [-0.2, -0.15) is 10.4 Å². The summed E-state index contributed by atoms with van der Waals surface area (Å²) in [6.45, 7) is 0.489. The van der Waals surface area contributed by atoms with Gasteiger partial charge in [-0.3, -0.25) is 4.68 Å². The number of aliphatic hydroxyl groups is 1. The van der Waals surface area contributed by atoms with Gasteiger partial charge in [0.1, 0.15) is 6.54 Å². The molecule has 0 radical (unpaired) electrons. The first kappa shape index (κ1) is 8.75. The van der Waals surface area contributed by atoms with E-state index in [0.29, 0.717) is 6.54 Å². The first-order chi connectivity index (χ1) is 5.86. The van der Waals surface area contributed by atoms with Gasteiger partial charge in [0, 0.05) is 12.8 Å². The third-order valence-electron chi connectivity index (χ3n) is 1.54. The highest BCUT2D eigenvalue weighted by Crippen LogP contribution is 2.00. The first-order valence-corrected chi connectivity index (χ1v) is 3.86. The lowest BCUT2D eigenvalue weighted by atomic mass is 10.2. The van der Waals surface area contributed by atoms with Gasteiger partial charge in [0.15, 0.2) is 0 Å². The van der Waals surface area contributed by atoms with Crippen LogP contribution in [0.4, 0.5) is 0 Å². The molecule has 0 saturated heterocycles. The predicted molar refractivity (Wildman–Crippen MR) is 43.2 cm³/mol. The molecule has 0 saturated carbocycles. The van der Waals surface area contributed by atoms with Crippen molar-refractivity contribution in [3.8, 4) is 6.07 Å². The van der Waals surface area contributed by atoms with E-state index in [9.17, 15) is 0 Å². The van der Waals surface area contributed by atoms with Crippen molar-refractivity contribution < 1.29 is 5.11 Å². The summed E-state index contributed by atoms with van der Waals surface area (Å²) in [4.78, 5) is 0. The first-order valence-electron chi connectivity index (χ1n) is 3.86. The van der Waals surface area contributed by atoms with E-state index in [-0.39, 0.29) is 6.61 Å². The van der Waals surface area contributed by atoms with Crippen molar-refractivity contribution in [2.24, 2.45) is 0 Å². The fraction of sp³-hybridized carbons (Fsp3) is 0.500. The van der Waals surface area contributed by atoms with Crippen molar-refractivity contribution in [1.82, 2.24) is 9.78 Å². The van der Waals surface area contributed by atoms with Gasteiger partial charge < -0.3 is 5.11 Å². The quantitative estimate of drug-likeness (QED) is 0.699. The molecule has 0 aliphatic rings. The summed E-state index contributed by atoms with van der Waals surface area (Å²) in [7, 11) is 0. The molecule has 4 nitrogen and oxygen atoms in total. The van der Waals surface area contributed by atoms with Gasteiger partial charge in [-0.25, -0.2) is 0 Å². The third-order valence-corrected chi connectivity index (χ3v) is 1.54. The number of aryl methyl sites for hydroxylation is 1. The highest BCUT2D eigenvalue weighted by Gasteiger charge is 1.96. The highest BCUT2D eigenvalue weighted by molar-refractivity contribution is 5.04. The van der Waals surface area contributed by atoms with Gasteiger partial charge in [-0.15, -0.1) is 0 Å². The van der Waals surface area contributed by atoms with Crippen LogP contribution in [0.3, 0.4) is 0 Å². The lowest BCUT2D eigenvalue weighted by molar-refractivity contribution is 0.288. The monoisotopic (exact) mass is 165 g/mol. The second-order valence-electron chi connectivity index (χ2n) is 2.53. The average Bonchev–Trinajstić information content (AvgIpc) is 2.50. The average molecular weight is 165 g/mol. The van der Waals surface area contributed by atoms with Crippen molar-refractivity contribution >= 4 is 0 Å². The molecule has 12 heavy (non-hydrogen) atoms. The molecule has 1 rings (SSSR count). The Balaban J connectivity index is 2.48. The van der Waals surface area contributed by atoms with E-state index < -0.39 is 0 Å². The van der Waals surface area contributed by atoms with Crippen LogP contribution in [0, 0.1) is 11.3 Å². The van der Waals surface area contributed by atoms with Crippen LogP contribution in [-0.2, 0) is 13.0 Å². The zero-order valence-electron chi connectivity index (χ0n) is 6.77. The molecular formula is C8H11N3O. The summed E-state index contributed by atoms with van der Waals surface area (Å²) >= 11 is 0. The number of nitrogens with zero attached hydrogens (tertiary/aromatic N) is 3. The predicted octanol–water partition coefficient (Wildman–Crippen LogP) is 0.332. The Bertz CT molecular complexity index is 274. The molecule has 0 aliphatic heterocycles. The van der Waals surface area contributed by atoms with E-state index >= 15 is 0 Å². The second kappa shape index (κ2) is 4.52. The molecule has 0 bridgehead atoms. The zero-order valence-corrected chi connectivity index (χ0v) is 6.77. The van der Waals surface area contributed by atoms with Crippen LogP contribution in [0.15, 0.2) is 12.4 Å². The lowest BCUT2D eigenvalue weighted by Gasteiger charge is -1.91. The van der Waals surface area contributed by atoms with Crippen molar-refractivity contribution in [3.63, 3.8) is 0 Å². The van der Waals surface area contributed by atoms with E-state index in [1.54, 1.807) is 10.9 Å². The Labute approximate surface area is 71.1 Å². The maximum atomic E-state index is 8.56. The summed E-state index contributed by atoms with van der Waals surface area (Å²) in [5.41, 5.74) is 1.07. The van der Waals surface area contributed by atoms with E-state index in [4.69, 9.17) is 10.4 Å². The van der Waals surface area contributed by atoms with Crippen LogP contribution < -0.4 is 0 Å². The molecule has 0 atom stereocenters. The minimum absolute atomic E-state index is 0.198. The Morgan fingerprint density at radius 2 is 2.50 bits per heavy atom. The summed E-state index contributed by atoms with van der Waals surface area (Å²) in [6, 6.07) is 2.00. The molecule has 1 N–H and O–H groups in total. The van der Waals surface area contributed by atoms with Crippen LogP contribution in [0.1, 0.15) is 12.0 Å². The van der Waals surface area contributed by atoms with Crippen molar-refractivity contribution in [2.45, 2.75) is 19.4 Å². The topological polar surface area (TPSA) is 61.8 Å².